The average Bonchev–Trinajstić information content (AvgIpc) is 2.76. The van der Waals surface area contributed by atoms with Crippen molar-refractivity contribution in [3.8, 4) is 0 Å². The monoisotopic (exact) mass is 436 g/mol. The second-order valence-electron chi connectivity index (χ2n) is 9.01. The molecule has 0 saturated heterocycles. The van der Waals surface area contributed by atoms with Crippen LogP contribution in [0.15, 0.2) is 12.2 Å². The van der Waals surface area contributed by atoms with Crippen molar-refractivity contribution >= 4 is 11.8 Å². The van der Waals surface area contributed by atoms with Crippen LogP contribution in [0.4, 0.5) is 0 Å². The lowest BCUT2D eigenvalue weighted by Crippen LogP contribution is -2.09. The first-order valence-corrected chi connectivity index (χ1v) is 13.5. The van der Waals surface area contributed by atoms with Gasteiger partial charge in [-0.25, -0.2) is 0 Å². The Hall–Kier alpha value is -1.12. The van der Waals surface area contributed by atoms with Gasteiger partial charge >= 0.3 is 5.97 Å². The topological polar surface area (TPSA) is 43.4 Å². The third-order valence-electron chi connectivity index (χ3n) is 5.85. The van der Waals surface area contributed by atoms with Crippen LogP contribution >= 0.6 is 0 Å². The molecule has 0 bridgehead atoms. The smallest absolute Gasteiger partial charge is 0.305 e. The molecule has 0 aliphatic heterocycles. The Kier molecular flexibility index (Phi) is 24.2. The van der Waals surface area contributed by atoms with E-state index in [0.717, 1.165) is 25.7 Å². The number of hydrogen-bond donors (Lipinski definition) is 0. The average molecular weight is 437 g/mol. The van der Waals surface area contributed by atoms with E-state index in [4.69, 9.17) is 4.74 Å². The third-order valence-corrected chi connectivity index (χ3v) is 5.85. The van der Waals surface area contributed by atoms with Gasteiger partial charge in [-0.2, -0.15) is 0 Å². The highest BCUT2D eigenvalue weighted by Crippen LogP contribution is 2.11. The van der Waals surface area contributed by atoms with Crippen molar-refractivity contribution in [1.29, 1.82) is 0 Å². The van der Waals surface area contributed by atoms with Crippen LogP contribution in [0.5, 0.6) is 0 Å². The Balaban J connectivity index is 3.32. The first-order chi connectivity index (χ1) is 15.2. The Morgan fingerprint density at radius 3 is 1.55 bits per heavy atom. The number of esters is 1. The summed E-state index contributed by atoms with van der Waals surface area (Å²) in [5.41, 5.74) is 0. The molecule has 3 nitrogen and oxygen atoms in total. The molecule has 0 spiro atoms. The summed E-state index contributed by atoms with van der Waals surface area (Å²) < 4.78 is 5.21. The van der Waals surface area contributed by atoms with Gasteiger partial charge in [-0.05, 0) is 38.5 Å². The molecule has 0 heterocycles. The predicted molar refractivity (Wildman–Crippen MR) is 133 cm³/mol. The van der Waals surface area contributed by atoms with E-state index in [-0.39, 0.29) is 18.4 Å². The molecule has 0 aromatic heterocycles. The molecule has 0 aliphatic carbocycles. The second kappa shape index (κ2) is 25.1. The SMILES string of the molecule is CCCCCCCC/C=C\CCCCCCCC(=O)OCCC(=O)CCCCCCC. The first kappa shape index (κ1) is 29.9. The Labute approximate surface area is 193 Å². The van der Waals surface area contributed by atoms with Crippen LogP contribution in [0, 0.1) is 0 Å². The normalized spacial score (nSPS) is 11.3. The van der Waals surface area contributed by atoms with Crippen molar-refractivity contribution in [3.05, 3.63) is 12.2 Å². The minimum absolute atomic E-state index is 0.145. The van der Waals surface area contributed by atoms with Gasteiger partial charge in [-0.1, -0.05) is 103 Å². The van der Waals surface area contributed by atoms with E-state index in [1.807, 2.05) is 0 Å². The van der Waals surface area contributed by atoms with Gasteiger partial charge < -0.3 is 4.74 Å². The molecule has 3 heteroatoms. The van der Waals surface area contributed by atoms with Gasteiger partial charge in [-0.3, -0.25) is 9.59 Å². The molecular formula is C28H52O3. The highest BCUT2D eigenvalue weighted by atomic mass is 16.5. The van der Waals surface area contributed by atoms with Crippen LogP contribution < -0.4 is 0 Å². The van der Waals surface area contributed by atoms with Crippen molar-refractivity contribution < 1.29 is 14.3 Å². The van der Waals surface area contributed by atoms with Crippen LogP contribution in [0.3, 0.4) is 0 Å². The summed E-state index contributed by atoms with van der Waals surface area (Å²) in [5.74, 6) is 0.0821. The fourth-order valence-electron chi connectivity index (χ4n) is 3.74. The standard InChI is InChI=1S/C28H52O3/c1-3-5-7-9-10-11-12-13-14-15-16-17-18-20-22-24-28(30)31-26-25-27(29)23-21-19-8-6-4-2/h13-14H,3-12,15-26H2,1-2H3/b14-13-. The van der Waals surface area contributed by atoms with Crippen LogP contribution in [-0.2, 0) is 14.3 Å². The van der Waals surface area contributed by atoms with Gasteiger partial charge in [0.2, 0.25) is 0 Å². The van der Waals surface area contributed by atoms with E-state index in [2.05, 4.69) is 26.0 Å². The van der Waals surface area contributed by atoms with E-state index in [0.29, 0.717) is 19.3 Å². The van der Waals surface area contributed by atoms with E-state index in [1.165, 1.54) is 89.9 Å². The minimum Gasteiger partial charge on any atom is -0.465 e. The molecule has 0 aliphatic rings. The quantitative estimate of drug-likeness (QED) is 0.0861. The molecule has 0 aromatic carbocycles. The van der Waals surface area contributed by atoms with Crippen molar-refractivity contribution in [2.75, 3.05) is 6.61 Å². The number of hydrogen-bond acceptors (Lipinski definition) is 3. The summed E-state index contributed by atoms with van der Waals surface area (Å²) in [6.45, 7) is 4.72. The molecule has 0 radical (unpaired) electrons. The summed E-state index contributed by atoms with van der Waals surface area (Å²) >= 11 is 0. The van der Waals surface area contributed by atoms with Crippen molar-refractivity contribution in [2.24, 2.45) is 0 Å². The van der Waals surface area contributed by atoms with Gasteiger partial charge in [0.05, 0.1) is 6.61 Å². The molecule has 0 atom stereocenters. The van der Waals surface area contributed by atoms with Crippen molar-refractivity contribution in [2.45, 2.75) is 149 Å². The zero-order chi connectivity index (χ0) is 22.8. The lowest BCUT2D eigenvalue weighted by molar-refractivity contribution is -0.144. The maximum atomic E-state index is 11.8. The van der Waals surface area contributed by atoms with E-state index in [1.54, 1.807) is 0 Å². The van der Waals surface area contributed by atoms with E-state index in [9.17, 15) is 9.59 Å². The number of unbranched alkanes of at least 4 members (excludes halogenated alkanes) is 15. The van der Waals surface area contributed by atoms with E-state index >= 15 is 0 Å². The minimum atomic E-state index is -0.145. The van der Waals surface area contributed by atoms with Crippen LogP contribution in [0.25, 0.3) is 0 Å². The summed E-state index contributed by atoms with van der Waals surface area (Å²) in [4.78, 5) is 23.5. The van der Waals surface area contributed by atoms with Crippen LogP contribution in [0.1, 0.15) is 149 Å². The largest absolute Gasteiger partial charge is 0.465 e. The maximum absolute atomic E-state index is 11.8. The Bertz CT molecular complexity index is 428. The molecule has 31 heavy (non-hydrogen) atoms. The highest BCUT2D eigenvalue weighted by Gasteiger charge is 2.06. The number of carbonyl (C=O) groups excluding carboxylic acids is 2. The number of ether oxygens (including phenoxy) is 1. The number of carbonyl (C=O) groups is 2. The molecule has 0 rings (SSSR count). The molecule has 0 amide bonds. The fourth-order valence-corrected chi connectivity index (χ4v) is 3.74. The van der Waals surface area contributed by atoms with Gasteiger partial charge in [0.1, 0.15) is 5.78 Å². The molecular weight excluding hydrogens is 384 g/mol. The number of rotatable bonds is 24. The van der Waals surface area contributed by atoms with Gasteiger partial charge in [0, 0.05) is 19.3 Å². The predicted octanol–water partition coefficient (Wildman–Crippen LogP) is 8.89. The molecule has 0 aromatic rings. The van der Waals surface area contributed by atoms with Crippen molar-refractivity contribution in [3.63, 3.8) is 0 Å². The third kappa shape index (κ3) is 25.0. The zero-order valence-electron chi connectivity index (χ0n) is 20.9. The van der Waals surface area contributed by atoms with Gasteiger partial charge in [0.25, 0.3) is 0 Å². The molecule has 0 fully saturated rings. The number of allylic oxidation sites excluding steroid dienone is 2. The summed E-state index contributed by atoms with van der Waals surface area (Å²) in [6, 6.07) is 0. The lowest BCUT2D eigenvalue weighted by Gasteiger charge is -2.05. The van der Waals surface area contributed by atoms with Crippen LogP contribution in [-0.4, -0.2) is 18.4 Å². The Morgan fingerprint density at radius 2 is 1.00 bits per heavy atom. The van der Waals surface area contributed by atoms with Gasteiger partial charge in [-0.15, -0.1) is 0 Å². The highest BCUT2D eigenvalue weighted by molar-refractivity contribution is 5.78. The molecule has 182 valence electrons. The Morgan fingerprint density at radius 1 is 0.548 bits per heavy atom. The van der Waals surface area contributed by atoms with Crippen molar-refractivity contribution in [1.82, 2.24) is 0 Å². The number of ketones is 1. The first-order valence-electron chi connectivity index (χ1n) is 13.5. The second-order valence-corrected chi connectivity index (χ2v) is 9.01. The maximum Gasteiger partial charge on any atom is 0.305 e. The lowest BCUT2D eigenvalue weighted by atomic mass is 10.1. The summed E-state index contributed by atoms with van der Waals surface area (Å²) in [5, 5.41) is 0. The molecule has 0 unspecified atom stereocenters. The van der Waals surface area contributed by atoms with E-state index < -0.39 is 0 Å². The number of Topliss-reactive ketones (excluding diaryl/α,β-unsaturated/α-hetero) is 1. The van der Waals surface area contributed by atoms with Gasteiger partial charge in [0.15, 0.2) is 0 Å². The zero-order valence-corrected chi connectivity index (χ0v) is 20.9. The summed E-state index contributed by atoms with van der Waals surface area (Å²) in [6.07, 6.45) is 28.3. The van der Waals surface area contributed by atoms with Crippen LogP contribution in [0.2, 0.25) is 0 Å². The molecule has 0 saturated carbocycles. The summed E-state index contributed by atoms with van der Waals surface area (Å²) in [7, 11) is 0. The fraction of sp³-hybridized carbons (Fsp3) is 0.857. The molecule has 0 N–H and O–H groups in total.